The average molecular weight is 286 g/mol. The van der Waals surface area contributed by atoms with Crippen molar-refractivity contribution < 1.29 is 0 Å². The summed E-state index contributed by atoms with van der Waals surface area (Å²) >= 11 is 0. The first-order valence-electron chi connectivity index (χ1n) is 8.45. The van der Waals surface area contributed by atoms with Gasteiger partial charge < -0.3 is 10.2 Å². The molecule has 1 aromatic heterocycles. The molecule has 2 bridgehead atoms. The van der Waals surface area contributed by atoms with Gasteiger partial charge >= 0.3 is 0 Å². The Bertz CT molecular complexity index is 540. The van der Waals surface area contributed by atoms with Crippen LogP contribution in [0.4, 0.5) is 0 Å². The molecule has 1 N–H and O–H groups in total. The van der Waals surface area contributed by atoms with E-state index >= 15 is 0 Å². The van der Waals surface area contributed by atoms with Crippen LogP contribution in [-0.4, -0.2) is 34.0 Å². The van der Waals surface area contributed by atoms with E-state index in [1.807, 2.05) is 0 Å². The number of aromatic nitrogens is 2. The molecule has 0 amide bonds. The second kappa shape index (κ2) is 5.03. The second-order valence-electron chi connectivity index (χ2n) is 7.37. The summed E-state index contributed by atoms with van der Waals surface area (Å²) in [6, 6.07) is 1.51. The molecule has 4 rings (SSSR count). The Morgan fingerprint density at radius 2 is 1.81 bits per heavy atom. The van der Waals surface area contributed by atoms with Crippen LogP contribution in [0.2, 0.25) is 0 Å². The first-order chi connectivity index (χ1) is 10.1. The van der Waals surface area contributed by atoms with Crippen molar-refractivity contribution in [3.63, 3.8) is 0 Å². The van der Waals surface area contributed by atoms with E-state index in [0.29, 0.717) is 11.8 Å². The van der Waals surface area contributed by atoms with Crippen molar-refractivity contribution in [3.05, 3.63) is 22.8 Å². The van der Waals surface area contributed by atoms with Crippen LogP contribution in [-0.2, 0) is 13.1 Å². The Morgan fingerprint density at radius 1 is 1.10 bits per heavy atom. The normalized spacial score (nSPS) is 31.9. The van der Waals surface area contributed by atoms with E-state index in [-0.39, 0.29) is 0 Å². The predicted octanol–water partition coefficient (Wildman–Crippen LogP) is 2.54. The Morgan fingerprint density at radius 3 is 2.48 bits per heavy atom. The summed E-state index contributed by atoms with van der Waals surface area (Å²) in [5.41, 5.74) is 3.91. The molecule has 4 heterocycles. The maximum atomic E-state index is 5.02. The smallest absolute Gasteiger partial charge is 0.132 e. The number of piperidine rings is 1. The van der Waals surface area contributed by atoms with Gasteiger partial charge in [0.05, 0.1) is 11.4 Å². The summed E-state index contributed by atoms with van der Waals surface area (Å²) in [7, 11) is 2.30. The van der Waals surface area contributed by atoms with Gasteiger partial charge in [-0.05, 0) is 38.6 Å². The highest BCUT2D eigenvalue weighted by Gasteiger charge is 2.40. The molecule has 0 aromatic carbocycles. The fourth-order valence-corrected chi connectivity index (χ4v) is 4.50. The van der Waals surface area contributed by atoms with Gasteiger partial charge in [0.15, 0.2) is 0 Å². The highest BCUT2D eigenvalue weighted by molar-refractivity contribution is 5.32. The highest BCUT2D eigenvalue weighted by atomic mass is 15.2. The van der Waals surface area contributed by atoms with E-state index in [9.17, 15) is 0 Å². The van der Waals surface area contributed by atoms with Gasteiger partial charge in [0.2, 0.25) is 0 Å². The summed E-state index contributed by atoms with van der Waals surface area (Å²) < 4.78 is 0. The van der Waals surface area contributed by atoms with Gasteiger partial charge in [-0.2, -0.15) is 0 Å². The molecule has 3 aliphatic heterocycles. The third-order valence-corrected chi connectivity index (χ3v) is 5.75. The van der Waals surface area contributed by atoms with Gasteiger partial charge in [-0.3, -0.25) is 0 Å². The average Bonchev–Trinajstić information content (AvgIpc) is 2.98. The molecule has 2 fully saturated rings. The zero-order valence-corrected chi connectivity index (χ0v) is 13.4. The second-order valence-corrected chi connectivity index (χ2v) is 7.37. The van der Waals surface area contributed by atoms with Crippen LogP contribution in [0.15, 0.2) is 0 Å². The van der Waals surface area contributed by atoms with Crippen LogP contribution < -0.4 is 5.32 Å². The molecule has 114 valence electrons. The van der Waals surface area contributed by atoms with Crippen molar-refractivity contribution >= 4 is 0 Å². The number of nitrogens with one attached hydrogen (secondary N) is 1. The molecule has 2 atom stereocenters. The lowest BCUT2D eigenvalue weighted by atomic mass is 9.90. The fourth-order valence-electron chi connectivity index (χ4n) is 4.50. The zero-order valence-electron chi connectivity index (χ0n) is 13.4. The van der Waals surface area contributed by atoms with Crippen molar-refractivity contribution in [1.82, 2.24) is 20.2 Å². The minimum Gasteiger partial charge on any atom is -0.307 e. The fraction of sp³-hybridized carbons (Fsp3) is 0.765. The molecule has 0 saturated carbocycles. The Labute approximate surface area is 127 Å². The molecule has 1 aromatic rings. The number of hydrogen-bond acceptors (Lipinski definition) is 4. The predicted molar refractivity (Wildman–Crippen MR) is 83.2 cm³/mol. The molecule has 0 aliphatic carbocycles. The van der Waals surface area contributed by atoms with Gasteiger partial charge in [-0.1, -0.05) is 13.8 Å². The van der Waals surface area contributed by atoms with Crippen LogP contribution in [0.1, 0.15) is 74.1 Å². The molecule has 2 saturated heterocycles. The van der Waals surface area contributed by atoms with Crippen molar-refractivity contribution in [1.29, 1.82) is 0 Å². The minimum atomic E-state index is 0.489. The van der Waals surface area contributed by atoms with E-state index in [4.69, 9.17) is 9.97 Å². The summed E-state index contributed by atoms with van der Waals surface area (Å²) in [5.74, 6) is 2.19. The third kappa shape index (κ3) is 2.20. The number of fused-ring (bicyclic) bond motifs is 3. The van der Waals surface area contributed by atoms with Gasteiger partial charge in [0, 0.05) is 36.7 Å². The first kappa shape index (κ1) is 13.6. The van der Waals surface area contributed by atoms with E-state index < -0.39 is 0 Å². The molecule has 2 unspecified atom stereocenters. The van der Waals surface area contributed by atoms with Crippen LogP contribution in [0.25, 0.3) is 0 Å². The largest absolute Gasteiger partial charge is 0.307 e. The van der Waals surface area contributed by atoms with Gasteiger partial charge in [0.25, 0.3) is 0 Å². The van der Waals surface area contributed by atoms with E-state index in [2.05, 4.69) is 31.1 Å². The van der Waals surface area contributed by atoms with E-state index in [1.54, 1.807) is 0 Å². The lowest BCUT2D eigenvalue weighted by molar-refractivity contribution is 0.158. The Balaban J connectivity index is 1.68. The molecule has 4 nitrogen and oxygen atoms in total. The van der Waals surface area contributed by atoms with Crippen LogP contribution in [0, 0.1) is 0 Å². The van der Waals surface area contributed by atoms with Gasteiger partial charge in [0.1, 0.15) is 5.82 Å². The SMILES string of the molecule is CC(C)c1nc(C2CC3CCC(C2)N3C)nc2c1CNC2. The van der Waals surface area contributed by atoms with Crippen molar-refractivity contribution in [2.75, 3.05) is 7.05 Å². The molecular formula is C17H26N4. The maximum absolute atomic E-state index is 5.02. The third-order valence-electron chi connectivity index (χ3n) is 5.75. The van der Waals surface area contributed by atoms with Crippen molar-refractivity contribution in [2.24, 2.45) is 0 Å². The quantitative estimate of drug-likeness (QED) is 0.907. The standard InChI is InChI=1S/C17H26N4/c1-10(2)16-14-8-18-9-15(14)19-17(20-16)11-6-12-4-5-13(7-11)21(12)3/h10-13,18H,4-9H2,1-3H3. The number of hydrogen-bond donors (Lipinski definition) is 1. The van der Waals surface area contributed by atoms with Gasteiger partial charge in [-0.25, -0.2) is 9.97 Å². The molecule has 0 radical (unpaired) electrons. The summed E-state index contributed by atoms with van der Waals surface area (Å²) in [5, 5.41) is 3.44. The van der Waals surface area contributed by atoms with E-state index in [0.717, 1.165) is 31.0 Å². The minimum absolute atomic E-state index is 0.489. The van der Waals surface area contributed by atoms with Crippen molar-refractivity contribution in [2.45, 2.75) is 76.5 Å². The van der Waals surface area contributed by atoms with Crippen LogP contribution >= 0.6 is 0 Å². The van der Waals surface area contributed by atoms with Gasteiger partial charge in [-0.15, -0.1) is 0 Å². The number of nitrogens with zero attached hydrogens (tertiary/aromatic N) is 3. The van der Waals surface area contributed by atoms with Crippen molar-refractivity contribution in [3.8, 4) is 0 Å². The summed E-state index contributed by atoms with van der Waals surface area (Å²) in [4.78, 5) is 12.6. The monoisotopic (exact) mass is 286 g/mol. The lowest BCUT2D eigenvalue weighted by Gasteiger charge is -2.35. The summed E-state index contributed by atoms with van der Waals surface area (Å²) in [6.07, 6.45) is 5.22. The van der Waals surface area contributed by atoms with Crippen LogP contribution in [0.3, 0.4) is 0 Å². The van der Waals surface area contributed by atoms with Crippen LogP contribution in [0.5, 0.6) is 0 Å². The highest BCUT2D eigenvalue weighted by Crippen LogP contribution is 2.41. The van der Waals surface area contributed by atoms with E-state index in [1.165, 1.54) is 42.6 Å². The Hall–Kier alpha value is -1.00. The number of rotatable bonds is 2. The molecule has 3 aliphatic rings. The topological polar surface area (TPSA) is 41.1 Å². The zero-order chi connectivity index (χ0) is 14.6. The Kier molecular flexibility index (Phi) is 3.27. The molecule has 21 heavy (non-hydrogen) atoms. The molecule has 0 spiro atoms. The lowest BCUT2D eigenvalue weighted by Crippen LogP contribution is -2.39. The molecular weight excluding hydrogens is 260 g/mol. The molecule has 4 heteroatoms. The summed E-state index contributed by atoms with van der Waals surface area (Å²) in [6.45, 7) is 6.37. The first-order valence-corrected chi connectivity index (χ1v) is 8.45. The maximum Gasteiger partial charge on any atom is 0.132 e.